The van der Waals surface area contributed by atoms with Crippen molar-refractivity contribution in [3.8, 4) is 11.5 Å². The fourth-order valence-electron chi connectivity index (χ4n) is 2.89. The van der Waals surface area contributed by atoms with E-state index in [-0.39, 0.29) is 0 Å². The van der Waals surface area contributed by atoms with Crippen molar-refractivity contribution in [3.63, 3.8) is 0 Å². The van der Waals surface area contributed by atoms with Crippen molar-refractivity contribution in [3.05, 3.63) is 23.8 Å². The van der Waals surface area contributed by atoms with Crippen LogP contribution < -0.4 is 20.5 Å². The second-order valence-electron chi connectivity index (χ2n) is 5.26. The van der Waals surface area contributed by atoms with Gasteiger partial charge in [-0.2, -0.15) is 0 Å². The number of piperidine rings is 1. The lowest BCUT2D eigenvalue weighted by molar-refractivity contribution is 0.283. The van der Waals surface area contributed by atoms with Gasteiger partial charge in [-0.3, -0.25) is 0 Å². The van der Waals surface area contributed by atoms with Crippen LogP contribution in [0.15, 0.2) is 18.2 Å². The van der Waals surface area contributed by atoms with Gasteiger partial charge in [-0.05, 0) is 56.0 Å². The van der Waals surface area contributed by atoms with E-state index in [9.17, 15) is 0 Å². The highest BCUT2D eigenvalue weighted by molar-refractivity contribution is 5.44. The molecule has 1 aromatic carbocycles. The second kappa shape index (κ2) is 6.26. The molecule has 0 saturated carbocycles. The summed E-state index contributed by atoms with van der Waals surface area (Å²) in [6, 6.07) is 6.73. The predicted octanol–water partition coefficient (Wildman–Crippen LogP) is 1.74. The van der Waals surface area contributed by atoms with Crippen molar-refractivity contribution in [1.82, 2.24) is 5.32 Å². The van der Waals surface area contributed by atoms with Gasteiger partial charge in [0, 0.05) is 6.04 Å². The summed E-state index contributed by atoms with van der Waals surface area (Å²) in [7, 11) is 3.33. The summed E-state index contributed by atoms with van der Waals surface area (Å²) in [5.41, 5.74) is 7.20. The summed E-state index contributed by atoms with van der Waals surface area (Å²) >= 11 is 0. The van der Waals surface area contributed by atoms with Crippen molar-refractivity contribution < 1.29 is 9.47 Å². The van der Waals surface area contributed by atoms with Crippen LogP contribution in [0.3, 0.4) is 0 Å². The molecule has 4 heteroatoms. The van der Waals surface area contributed by atoms with Crippen LogP contribution in [0.1, 0.15) is 24.8 Å². The first-order chi connectivity index (χ1) is 9.19. The van der Waals surface area contributed by atoms with Gasteiger partial charge in [-0.15, -0.1) is 0 Å². The van der Waals surface area contributed by atoms with E-state index in [1.807, 2.05) is 6.07 Å². The topological polar surface area (TPSA) is 56.5 Å². The number of ether oxygens (including phenoxy) is 2. The number of rotatable bonds is 4. The van der Waals surface area contributed by atoms with Crippen LogP contribution in [0.25, 0.3) is 0 Å². The average molecular weight is 264 g/mol. The molecule has 3 unspecified atom stereocenters. The molecule has 0 bridgehead atoms. The second-order valence-corrected chi connectivity index (χ2v) is 5.26. The quantitative estimate of drug-likeness (QED) is 0.870. The molecule has 0 amide bonds. The molecular weight excluding hydrogens is 240 g/mol. The van der Waals surface area contributed by atoms with Gasteiger partial charge in [0.2, 0.25) is 0 Å². The summed E-state index contributed by atoms with van der Waals surface area (Å²) in [4.78, 5) is 0. The Bertz CT molecular complexity index is 423. The molecule has 0 spiro atoms. The largest absolute Gasteiger partial charge is 0.493 e. The third-order valence-corrected chi connectivity index (χ3v) is 4.04. The van der Waals surface area contributed by atoms with Gasteiger partial charge in [0.25, 0.3) is 0 Å². The molecule has 1 fully saturated rings. The van der Waals surface area contributed by atoms with Crippen LogP contribution >= 0.6 is 0 Å². The van der Waals surface area contributed by atoms with Crippen molar-refractivity contribution in [2.45, 2.75) is 25.3 Å². The molecule has 0 aromatic heterocycles. The molecular formula is C15H24N2O2. The maximum atomic E-state index is 5.91. The van der Waals surface area contributed by atoms with Crippen LogP contribution in [0, 0.1) is 5.92 Å². The maximum absolute atomic E-state index is 5.91. The molecule has 3 N–H and O–H groups in total. The van der Waals surface area contributed by atoms with Crippen LogP contribution in [-0.4, -0.2) is 33.4 Å². The standard InChI is InChI=1S/C15H24N2O2/c1-10-6-13(12(8-16)9-17-10)11-4-5-14(18-2)15(7-11)19-3/h4-5,7,10,12-13,17H,6,8-9,16H2,1-3H3. The Hall–Kier alpha value is -1.26. The molecule has 19 heavy (non-hydrogen) atoms. The van der Waals surface area contributed by atoms with Crippen molar-refractivity contribution >= 4 is 0 Å². The number of methoxy groups -OCH3 is 2. The van der Waals surface area contributed by atoms with Gasteiger partial charge in [0.05, 0.1) is 14.2 Å². The molecule has 1 aromatic rings. The zero-order valence-electron chi connectivity index (χ0n) is 12.0. The zero-order chi connectivity index (χ0) is 13.8. The fourth-order valence-corrected chi connectivity index (χ4v) is 2.89. The lowest BCUT2D eigenvalue weighted by atomic mass is 9.79. The van der Waals surface area contributed by atoms with Crippen molar-refractivity contribution in [2.24, 2.45) is 11.7 Å². The van der Waals surface area contributed by atoms with E-state index in [1.54, 1.807) is 14.2 Å². The van der Waals surface area contributed by atoms with Gasteiger partial charge in [0.1, 0.15) is 0 Å². The lowest BCUT2D eigenvalue weighted by Crippen LogP contribution is -2.44. The van der Waals surface area contributed by atoms with E-state index in [0.717, 1.165) is 24.5 Å². The molecule has 0 aliphatic carbocycles. The monoisotopic (exact) mass is 264 g/mol. The number of hydrogen-bond acceptors (Lipinski definition) is 4. The summed E-state index contributed by atoms with van der Waals surface area (Å²) in [6.07, 6.45) is 1.11. The minimum Gasteiger partial charge on any atom is -0.493 e. The molecule has 4 nitrogen and oxygen atoms in total. The highest BCUT2D eigenvalue weighted by Gasteiger charge is 2.29. The number of benzene rings is 1. The first kappa shape index (κ1) is 14.2. The van der Waals surface area contributed by atoms with Gasteiger partial charge in [-0.1, -0.05) is 6.07 Å². The van der Waals surface area contributed by atoms with Gasteiger partial charge in [0.15, 0.2) is 11.5 Å². The van der Waals surface area contributed by atoms with Crippen LogP contribution in [0.2, 0.25) is 0 Å². The fraction of sp³-hybridized carbons (Fsp3) is 0.600. The van der Waals surface area contributed by atoms with E-state index in [4.69, 9.17) is 15.2 Å². The Labute approximate surface area is 115 Å². The highest BCUT2D eigenvalue weighted by atomic mass is 16.5. The SMILES string of the molecule is COc1ccc(C2CC(C)NCC2CN)cc1OC. The van der Waals surface area contributed by atoms with E-state index in [0.29, 0.717) is 24.4 Å². The Morgan fingerprint density at radius 2 is 2.00 bits per heavy atom. The van der Waals surface area contributed by atoms with Crippen LogP contribution in [0.4, 0.5) is 0 Å². The average Bonchev–Trinajstić information content (AvgIpc) is 2.46. The summed E-state index contributed by atoms with van der Waals surface area (Å²) < 4.78 is 10.7. The van der Waals surface area contributed by atoms with E-state index >= 15 is 0 Å². The lowest BCUT2D eigenvalue weighted by Gasteiger charge is -2.35. The Morgan fingerprint density at radius 3 is 2.63 bits per heavy atom. The molecule has 1 heterocycles. The number of nitrogens with two attached hydrogens (primary N) is 1. The minimum absolute atomic E-state index is 0.481. The van der Waals surface area contributed by atoms with Gasteiger partial charge in [-0.25, -0.2) is 0 Å². The van der Waals surface area contributed by atoms with E-state index in [2.05, 4.69) is 24.4 Å². The van der Waals surface area contributed by atoms with Gasteiger partial charge >= 0.3 is 0 Å². The minimum atomic E-state index is 0.481. The first-order valence-corrected chi connectivity index (χ1v) is 6.85. The smallest absolute Gasteiger partial charge is 0.160 e. The number of nitrogens with one attached hydrogen (secondary N) is 1. The zero-order valence-corrected chi connectivity index (χ0v) is 12.0. The Morgan fingerprint density at radius 1 is 1.26 bits per heavy atom. The summed E-state index contributed by atoms with van der Waals surface area (Å²) in [6.45, 7) is 3.91. The third-order valence-electron chi connectivity index (χ3n) is 4.04. The molecule has 1 aliphatic rings. The van der Waals surface area contributed by atoms with Crippen LogP contribution in [0.5, 0.6) is 11.5 Å². The first-order valence-electron chi connectivity index (χ1n) is 6.85. The van der Waals surface area contributed by atoms with Crippen molar-refractivity contribution in [2.75, 3.05) is 27.3 Å². The molecule has 2 rings (SSSR count). The van der Waals surface area contributed by atoms with Crippen LogP contribution in [-0.2, 0) is 0 Å². The van der Waals surface area contributed by atoms with Gasteiger partial charge < -0.3 is 20.5 Å². The third kappa shape index (κ3) is 3.01. The Balaban J connectivity index is 2.28. The normalized spacial score (nSPS) is 27.1. The predicted molar refractivity (Wildman–Crippen MR) is 76.9 cm³/mol. The van der Waals surface area contributed by atoms with E-state index in [1.165, 1.54) is 5.56 Å². The molecule has 1 aliphatic heterocycles. The molecule has 106 valence electrons. The summed E-state index contributed by atoms with van der Waals surface area (Å²) in [5.74, 6) is 2.54. The molecule has 0 radical (unpaired) electrons. The Kier molecular flexibility index (Phi) is 4.66. The highest BCUT2D eigenvalue weighted by Crippen LogP contribution is 2.36. The van der Waals surface area contributed by atoms with E-state index < -0.39 is 0 Å². The van der Waals surface area contributed by atoms with Crippen molar-refractivity contribution in [1.29, 1.82) is 0 Å². The molecule has 3 atom stereocenters. The summed E-state index contributed by atoms with van der Waals surface area (Å²) in [5, 5.41) is 3.50. The maximum Gasteiger partial charge on any atom is 0.160 e. The molecule has 1 saturated heterocycles. The number of hydrogen-bond donors (Lipinski definition) is 2.